The maximum Gasteiger partial charge on any atom is 0.337 e. The SMILES string of the molecule is CCOc1ccc(N2C(=S)N[C@H](c3ccccn3)[C@@H]2c2cc(C)n(-c3ccccc3C(=O)O)c2C)cc1. The van der Waals surface area contributed by atoms with Gasteiger partial charge in [0.2, 0.25) is 0 Å². The summed E-state index contributed by atoms with van der Waals surface area (Å²) in [5.74, 6) is -0.165. The average molecular weight is 513 g/mol. The Hall–Kier alpha value is -4.17. The molecule has 1 saturated heterocycles. The molecule has 0 unspecified atom stereocenters. The van der Waals surface area contributed by atoms with E-state index in [2.05, 4.69) is 21.3 Å². The van der Waals surface area contributed by atoms with Gasteiger partial charge in [0.15, 0.2) is 5.11 Å². The molecule has 1 aliphatic heterocycles. The van der Waals surface area contributed by atoms with Crippen LogP contribution in [0.4, 0.5) is 5.69 Å². The summed E-state index contributed by atoms with van der Waals surface area (Å²) in [6.45, 7) is 6.57. The molecule has 37 heavy (non-hydrogen) atoms. The number of carbonyl (C=O) groups is 1. The highest BCUT2D eigenvalue weighted by Gasteiger charge is 2.42. The molecular formula is C29H28N4O3S. The quantitative estimate of drug-likeness (QED) is 0.305. The lowest BCUT2D eigenvalue weighted by Gasteiger charge is -2.28. The lowest BCUT2D eigenvalue weighted by Crippen LogP contribution is -2.29. The van der Waals surface area contributed by atoms with Gasteiger partial charge < -0.3 is 24.6 Å². The molecule has 1 aliphatic rings. The van der Waals surface area contributed by atoms with Crippen LogP contribution < -0.4 is 15.0 Å². The summed E-state index contributed by atoms with van der Waals surface area (Å²) in [6, 6.07) is 22.5. The molecule has 4 aromatic rings. The molecule has 2 atom stereocenters. The standard InChI is InChI=1S/C29H28N4O3S/c1-4-36-21-14-12-20(13-15-21)33-27(26(31-29(33)37)24-10-7-8-16-30-24)23-17-18(2)32(19(23)3)25-11-6-5-9-22(25)28(34)35/h5-17,26-27H,4H2,1-3H3,(H,31,37)(H,34,35)/t26-,27+/m1/s1. The largest absolute Gasteiger partial charge is 0.494 e. The molecule has 1 fully saturated rings. The van der Waals surface area contributed by atoms with E-state index in [9.17, 15) is 9.90 Å². The minimum absolute atomic E-state index is 0.205. The van der Waals surface area contributed by atoms with E-state index in [-0.39, 0.29) is 17.6 Å². The highest BCUT2D eigenvalue weighted by Crippen LogP contribution is 2.44. The van der Waals surface area contributed by atoms with E-state index in [0.29, 0.717) is 17.4 Å². The van der Waals surface area contributed by atoms with Gasteiger partial charge in [0, 0.05) is 23.3 Å². The number of aromatic carboxylic acids is 1. The van der Waals surface area contributed by atoms with Crippen LogP contribution in [0.3, 0.4) is 0 Å². The van der Waals surface area contributed by atoms with Gasteiger partial charge in [-0.05, 0) is 93.1 Å². The fourth-order valence-electron chi connectivity index (χ4n) is 5.13. The second-order valence-corrected chi connectivity index (χ2v) is 9.29. The molecule has 5 rings (SSSR count). The van der Waals surface area contributed by atoms with Crippen molar-refractivity contribution in [2.45, 2.75) is 32.9 Å². The number of thiocarbonyl (C=S) groups is 1. The monoisotopic (exact) mass is 512 g/mol. The molecule has 0 bridgehead atoms. The van der Waals surface area contributed by atoms with Crippen LogP contribution in [0.1, 0.15) is 52.0 Å². The van der Waals surface area contributed by atoms with Gasteiger partial charge in [0.1, 0.15) is 5.75 Å². The first-order valence-electron chi connectivity index (χ1n) is 12.2. The van der Waals surface area contributed by atoms with Crippen LogP contribution in [-0.2, 0) is 0 Å². The number of aryl methyl sites for hydroxylation is 1. The van der Waals surface area contributed by atoms with Crippen molar-refractivity contribution in [3.63, 3.8) is 0 Å². The number of rotatable bonds is 7. The van der Waals surface area contributed by atoms with Gasteiger partial charge in [0.05, 0.1) is 35.6 Å². The molecule has 0 aliphatic carbocycles. The van der Waals surface area contributed by atoms with Crippen LogP contribution in [0.2, 0.25) is 0 Å². The number of hydrogen-bond donors (Lipinski definition) is 2. The number of anilines is 1. The first-order valence-corrected chi connectivity index (χ1v) is 12.6. The number of nitrogens with one attached hydrogen (secondary N) is 1. The zero-order valence-electron chi connectivity index (χ0n) is 20.9. The number of carboxylic acid groups (broad SMARTS) is 1. The van der Waals surface area contributed by atoms with Crippen LogP contribution in [0.25, 0.3) is 5.69 Å². The van der Waals surface area contributed by atoms with Gasteiger partial charge in [0.25, 0.3) is 0 Å². The lowest BCUT2D eigenvalue weighted by molar-refractivity contribution is 0.0697. The highest BCUT2D eigenvalue weighted by molar-refractivity contribution is 7.80. The van der Waals surface area contributed by atoms with Crippen molar-refractivity contribution in [3.8, 4) is 11.4 Å². The van der Waals surface area contributed by atoms with Crippen LogP contribution in [-0.4, -0.2) is 32.3 Å². The van der Waals surface area contributed by atoms with Gasteiger partial charge in [-0.3, -0.25) is 4.98 Å². The molecule has 2 N–H and O–H groups in total. The van der Waals surface area contributed by atoms with E-state index in [4.69, 9.17) is 17.0 Å². The van der Waals surface area contributed by atoms with Crippen LogP contribution in [0, 0.1) is 13.8 Å². The summed E-state index contributed by atoms with van der Waals surface area (Å²) >= 11 is 5.86. The molecule has 3 heterocycles. The average Bonchev–Trinajstić information content (AvgIpc) is 3.40. The van der Waals surface area contributed by atoms with E-state index in [1.54, 1.807) is 18.3 Å². The molecule has 2 aromatic heterocycles. The molecule has 0 radical (unpaired) electrons. The van der Waals surface area contributed by atoms with Crippen molar-refractivity contribution in [1.82, 2.24) is 14.9 Å². The summed E-state index contributed by atoms with van der Waals surface area (Å²) < 4.78 is 7.65. The van der Waals surface area contributed by atoms with E-state index >= 15 is 0 Å². The minimum Gasteiger partial charge on any atom is -0.494 e. The van der Waals surface area contributed by atoms with Crippen molar-refractivity contribution in [2.24, 2.45) is 0 Å². The Morgan fingerprint density at radius 1 is 1.08 bits per heavy atom. The zero-order valence-corrected chi connectivity index (χ0v) is 21.7. The van der Waals surface area contributed by atoms with E-state index in [1.807, 2.05) is 79.9 Å². The van der Waals surface area contributed by atoms with Crippen molar-refractivity contribution in [1.29, 1.82) is 0 Å². The number of carboxylic acids is 1. The van der Waals surface area contributed by atoms with E-state index in [0.717, 1.165) is 34.1 Å². The summed E-state index contributed by atoms with van der Waals surface area (Å²) in [5.41, 5.74) is 5.60. The Bertz CT molecular complexity index is 1450. The summed E-state index contributed by atoms with van der Waals surface area (Å²) in [7, 11) is 0. The van der Waals surface area contributed by atoms with Gasteiger partial charge >= 0.3 is 5.97 Å². The summed E-state index contributed by atoms with van der Waals surface area (Å²) in [4.78, 5) is 18.8. The molecule has 7 nitrogen and oxygen atoms in total. The first-order chi connectivity index (χ1) is 17.9. The normalized spacial score (nSPS) is 17.1. The topological polar surface area (TPSA) is 79.6 Å². The maximum absolute atomic E-state index is 12.0. The summed E-state index contributed by atoms with van der Waals surface area (Å²) in [6.07, 6.45) is 1.78. The third kappa shape index (κ3) is 4.44. The number of nitrogens with zero attached hydrogens (tertiary/aromatic N) is 3. The van der Waals surface area contributed by atoms with Crippen molar-refractivity contribution in [3.05, 3.63) is 107 Å². The molecule has 0 spiro atoms. The number of pyridine rings is 1. The fourth-order valence-corrected chi connectivity index (χ4v) is 5.47. The van der Waals surface area contributed by atoms with Gasteiger partial charge in [-0.2, -0.15) is 0 Å². The third-order valence-electron chi connectivity index (χ3n) is 6.69. The summed E-state index contributed by atoms with van der Waals surface area (Å²) in [5, 5.41) is 13.9. The highest BCUT2D eigenvalue weighted by atomic mass is 32.1. The van der Waals surface area contributed by atoms with Gasteiger partial charge in [-0.25, -0.2) is 4.79 Å². The Labute approximate surface area is 221 Å². The third-order valence-corrected chi connectivity index (χ3v) is 7.00. The molecule has 0 amide bonds. The molecular weight excluding hydrogens is 484 g/mol. The minimum atomic E-state index is -0.962. The van der Waals surface area contributed by atoms with Crippen LogP contribution in [0.15, 0.2) is 79.0 Å². The van der Waals surface area contributed by atoms with Crippen molar-refractivity contribution in [2.75, 3.05) is 11.5 Å². The predicted octanol–water partition coefficient (Wildman–Crippen LogP) is 5.76. The smallest absolute Gasteiger partial charge is 0.337 e. The maximum atomic E-state index is 12.0. The van der Waals surface area contributed by atoms with Crippen molar-refractivity contribution >= 4 is 29.0 Å². The zero-order chi connectivity index (χ0) is 26.1. The molecule has 0 saturated carbocycles. The fraction of sp³-hybridized carbons (Fsp3) is 0.207. The number of aromatic nitrogens is 2. The number of ether oxygens (including phenoxy) is 1. The second-order valence-electron chi connectivity index (χ2n) is 8.91. The van der Waals surface area contributed by atoms with Gasteiger partial charge in [-0.1, -0.05) is 18.2 Å². The second kappa shape index (κ2) is 10.1. The van der Waals surface area contributed by atoms with Gasteiger partial charge in [-0.15, -0.1) is 0 Å². The van der Waals surface area contributed by atoms with E-state index < -0.39 is 5.97 Å². The van der Waals surface area contributed by atoms with Crippen LogP contribution >= 0.6 is 12.2 Å². The molecule has 188 valence electrons. The number of hydrogen-bond acceptors (Lipinski definition) is 4. The number of para-hydroxylation sites is 1. The first kappa shape index (κ1) is 24.5. The van der Waals surface area contributed by atoms with E-state index in [1.165, 1.54) is 0 Å². The van der Waals surface area contributed by atoms with Crippen molar-refractivity contribution < 1.29 is 14.6 Å². The van der Waals surface area contributed by atoms with Crippen LogP contribution in [0.5, 0.6) is 5.75 Å². The number of benzene rings is 2. The Morgan fingerprint density at radius 2 is 1.81 bits per heavy atom. The Morgan fingerprint density at radius 3 is 2.49 bits per heavy atom. The molecule has 8 heteroatoms. The Kier molecular flexibility index (Phi) is 6.67. The molecule has 2 aromatic carbocycles. The predicted molar refractivity (Wildman–Crippen MR) is 148 cm³/mol. The lowest BCUT2D eigenvalue weighted by atomic mass is 9.96. The Balaban J connectivity index is 1.67.